The van der Waals surface area contributed by atoms with Gasteiger partial charge in [-0.05, 0) is 56.5 Å². The molecule has 0 bridgehead atoms. The Balaban J connectivity index is 1.66. The second kappa shape index (κ2) is 8.94. The van der Waals surface area contributed by atoms with E-state index in [0.29, 0.717) is 24.1 Å². The number of carbonyl (C=O) groups is 3. The lowest BCUT2D eigenvalue weighted by molar-refractivity contribution is -0.129. The molecule has 1 amide bonds. The minimum atomic E-state index is -0.725. The van der Waals surface area contributed by atoms with Gasteiger partial charge in [0.15, 0.2) is 11.5 Å². The predicted molar refractivity (Wildman–Crippen MR) is 124 cm³/mol. The standard InChI is InChI=1S/C26H26N2O5/c1-4-33-26(32)18-11-9-17(10-12-18)23-22(16(3)29)24(30)25(31)28(23)14-13-19-15(2)27-21-8-6-5-7-20(19)21/h5-12,23,27,30H,4,13-14H2,1-3H3. The summed E-state index contributed by atoms with van der Waals surface area (Å²) in [5.74, 6) is -1.90. The Kier molecular flexibility index (Phi) is 6.05. The maximum atomic E-state index is 13.0. The topological polar surface area (TPSA) is 99.7 Å². The Morgan fingerprint density at radius 3 is 2.48 bits per heavy atom. The number of aliphatic hydroxyl groups is 1. The Bertz CT molecular complexity index is 1270. The van der Waals surface area contributed by atoms with Gasteiger partial charge in [-0.3, -0.25) is 9.59 Å². The molecule has 1 atom stereocenters. The van der Waals surface area contributed by atoms with Crippen LogP contribution in [0.1, 0.15) is 47.1 Å². The molecule has 1 aliphatic rings. The van der Waals surface area contributed by atoms with E-state index in [2.05, 4.69) is 4.98 Å². The molecule has 2 N–H and O–H groups in total. The maximum absolute atomic E-state index is 13.0. The number of para-hydroxylation sites is 1. The maximum Gasteiger partial charge on any atom is 0.338 e. The Hall–Kier alpha value is -3.87. The number of aryl methyl sites for hydroxylation is 1. The molecule has 7 heteroatoms. The molecule has 33 heavy (non-hydrogen) atoms. The largest absolute Gasteiger partial charge is 0.503 e. The highest BCUT2D eigenvalue weighted by molar-refractivity contribution is 6.08. The number of hydrogen-bond acceptors (Lipinski definition) is 5. The van der Waals surface area contributed by atoms with Crippen molar-refractivity contribution in [2.24, 2.45) is 0 Å². The average molecular weight is 447 g/mol. The zero-order chi connectivity index (χ0) is 23.7. The molecule has 1 aliphatic heterocycles. The molecule has 7 nitrogen and oxygen atoms in total. The van der Waals surface area contributed by atoms with Crippen LogP contribution in [0.4, 0.5) is 0 Å². The van der Waals surface area contributed by atoms with Gasteiger partial charge < -0.3 is 19.7 Å². The monoisotopic (exact) mass is 446 g/mol. The average Bonchev–Trinajstić information content (AvgIpc) is 3.25. The van der Waals surface area contributed by atoms with Crippen molar-refractivity contribution in [3.63, 3.8) is 0 Å². The highest BCUT2D eigenvalue weighted by Gasteiger charge is 2.42. The highest BCUT2D eigenvalue weighted by Crippen LogP contribution is 2.38. The van der Waals surface area contributed by atoms with Crippen molar-refractivity contribution in [2.75, 3.05) is 13.2 Å². The van der Waals surface area contributed by atoms with Crippen molar-refractivity contribution in [2.45, 2.75) is 33.2 Å². The number of rotatable bonds is 7. The number of ether oxygens (including phenoxy) is 1. The molecule has 2 aromatic carbocycles. The summed E-state index contributed by atoms with van der Waals surface area (Å²) in [7, 11) is 0. The Morgan fingerprint density at radius 1 is 1.12 bits per heavy atom. The van der Waals surface area contributed by atoms with E-state index in [-0.39, 0.29) is 18.0 Å². The van der Waals surface area contributed by atoms with Gasteiger partial charge in [0, 0.05) is 23.1 Å². The van der Waals surface area contributed by atoms with Crippen LogP contribution in [0.15, 0.2) is 59.9 Å². The van der Waals surface area contributed by atoms with Crippen molar-refractivity contribution < 1.29 is 24.2 Å². The van der Waals surface area contributed by atoms with E-state index in [9.17, 15) is 19.5 Å². The summed E-state index contributed by atoms with van der Waals surface area (Å²) in [5, 5.41) is 11.6. The number of aromatic amines is 1. The number of nitrogens with zero attached hydrogens (tertiary/aromatic N) is 1. The smallest absolute Gasteiger partial charge is 0.338 e. The van der Waals surface area contributed by atoms with Crippen LogP contribution in [0.2, 0.25) is 0 Å². The molecule has 1 unspecified atom stereocenters. The fraction of sp³-hybridized carbons (Fsp3) is 0.269. The van der Waals surface area contributed by atoms with Crippen molar-refractivity contribution in [3.8, 4) is 0 Å². The number of fused-ring (bicyclic) bond motifs is 1. The molecule has 1 aromatic heterocycles. The number of carbonyl (C=O) groups excluding carboxylic acids is 3. The molecule has 4 rings (SSSR count). The van der Waals surface area contributed by atoms with Crippen LogP contribution < -0.4 is 0 Å². The number of benzene rings is 2. The molecule has 0 spiro atoms. The van der Waals surface area contributed by atoms with Gasteiger partial charge in [-0.2, -0.15) is 0 Å². The Labute approximate surface area is 191 Å². The van der Waals surface area contributed by atoms with E-state index in [1.807, 2.05) is 31.2 Å². The number of esters is 1. The summed E-state index contributed by atoms with van der Waals surface area (Å²) in [6.45, 7) is 5.64. The number of nitrogens with one attached hydrogen (secondary N) is 1. The van der Waals surface area contributed by atoms with Gasteiger partial charge in [-0.1, -0.05) is 30.3 Å². The van der Waals surface area contributed by atoms with Crippen LogP contribution in [0.5, 0.6) is 0 Å². The predicted octanol–water partition coefficient (Wildman–Crippen LogP) is 4.18. The van der Waals surface area contributed by atoms with Gasteiger partial charge in [0.1, 0.15) is 0 Å². The molecular weight excluding hydrogens is 420 g/mol. The SMILES string of the molecule is CCOC(=O)c1ccc(C2C(C(C)=O)=C(O)C(=O)N2CCc2c(C)[nH]c3ccccc23)cc1. The normalized spacial score (nSPS) is 16.0. The Morgan fingerprint density at radius 2 is 1.82 bits per heavy atom. The van der Waals surface area contributed by atoms with Crippen molar-refractivity contribution in [1.29, 1.82) is 0 Å². The molecule has 2 heterocycles. The fourth-order valence-corrected chi connectivity index (χ4v) is 4.50. The molecule has 0 saturated heterocycles. The van der Waals surface area contributed by atoms with E-state index in [1.54, 1.807) is 31.2 Å². The number of hydrogen-bond donors (Lipinski definition) is 2. The van der Waals surface area contributed by atoms with Crippen LogP contribution in [-0.4, -0.2) is 45.8 Å². The molecule has 0 aliphatic carbocycles. The van der Waals surface area contributed by atoms with Gasteiger partial charge in [-0.25, -0.2) is 4.79 Å². The molecule has 0 radical (unpaired) electrons. The number of aliphatic hydroxyl groups excluding tert-OH is 1. The number of Topliss-reactive ketones (excluding diaryl/α,β-unsaturated/α-hetero) is 1. The van der Waals surface area contributed by atoms with Crippen molar-refractivity contribution in [1.82, 2.24) is 9.88 Å². The molecule has 0 fully saturated rings. The lowest BCUT2D eigenvalue weighted by Gasteiger charge is -2.27. The van der Waals surface area contributed by atoms with Gasteiger partial charge in [0.05, 0.1) is 23.8 Å². The van der Waals surface area contributed by atoms with Crippen molar-refractivity contribution in [3.05, 3.63) is 82.2 Å². The second-order valence-electron chi connectivity index (χ2n) is 8.09. The van der Waals surface area contributed by atoms with Crippen LogP contribution in [0.3, 0.4) is 0 Å². The quantitative estimate of drug-likeness (QED) is 0.531. The molecule has 3 aromatic rings. The first kappa shape index (κ1) is 22.3. The molecule has 0 saturated carbocycles. The van der Waals surface area contributed by atoms with E-state index in [4.69, 9.17) is 4.74 Å². The third-order valence-corrected chi connectivity index (χ3v) is 6.05. The fourth-order valence-electron chi connectivity index (χ4n) is 4.50. The summed E-state index contributed by atoms with van der Waals surface area (Å²) in [5.41, 5.74) is 4.21. The van der Waals surface area contributed by atoms with Crippen LogP contribution >= 0.6 is 0 Å². The first-order valence-corrected chi connectivity index (χ1v) is 10.9. The van der Waals surface area contributed by atoms with Crippen LogP contribution in [0.25, 0.3) is 10.9 Å². The lowest BCUT2D eigenvalue weighted by atomic mass is 9.95. The summed E-state index contributed by atoms with van der Waals surface area (Å²) in [4.78, 5) is 42.2. The highest BCUT2D eigenvalue weighted by atomic mass is 16.5. The zero-order valence-electron chi connectivity index (χ0n) is 18.8. The second-order valence-corrected chi connectivity index (χ2v) is 8.09. The van der Waals surface area contributed by atoms with E-state index >= 15 is 0 Å². The first-order valence-electron chi connectivity index (χ1n) is 10.9. The van der Waals surface area contributed by atoms with Gasteiger partial charge in [0.25, 0.3) is 5.91 Å². The van der Waals surface area contributed by atoms with Gasteiger partial charge >= 0.3 is 5.97 Å². The van der Waals surface area contributed by atoms with E-state index in [1.165, 1.54) is 11.8 Å². The van der Waals surface area contributed by atoms with Crippen molar-refractivity contribution >= 4 is 28.6 Å². The zero-order valence-corrected chi connectivity index (χ0v) is 18.8. The summed E-state index contributed by atoms with van der Waals surface area (Å²) in [6, 6.07) is 13.8. The van der Waals surface area contributed by atoms with E-state index in [0.717, 1.165) is 22.2 Å². The summed E-state index contributed by atoms with van der Waals surface area (Å²) < 4.78 is 5.02. The number of H-pyrrole nitrogens is 1. The molecular formula is C26H26N2O5. The molecule has 170 valence electrons. The van der Waals surface area contributed by atoms with E-state index < -0.39 is 23.7 Å². The van der Waals surface area contributed by atoms with Gasteiger partial charge in [0.2, 0.25) is 0 Å². The minimum absolute atomic E-state index is 0.0690. The summed E-state index contributed by atoms with van der Waals surface area (Å²) in [6.07, 6.45) is 0.553. The number of aromatic nitrogens is 1. The lowest BCUT2D eigenvalue weighted by Crippen LogP contribution is -2.33. The van der Waals surface area contributed by atoms with Gasteiger partial charge in [-0.15, -0.1) is 0 Å². The summed E-state index contributed by atoms with van der Waals surface area (Å²) >= 11 is 0. The van der Waals surface area contributed by atoms with Crippen LogP contribution in [0, 0.1) is 6.92 Å². The number of ketones is 1. The third kappa shape index (κ3) is 4.02. The minimum Gasteiger partial charge on any atom is -0.503 e. The number of amides is 1. The van der Waals surface area contributed by atoms with Crippen LogP contribution in [-0.2, 0) is 20.7 Å². The first-order chi connectivity index (χ1) is 15.8. The third-order valence-electron chi connectivity index (χ3n) is 6.05.